The molecule has 2 aromatic carbocycles. The summed E-state index contributed by atoms with van der Waals surface area (Å²) < 4.78 is 33.3. The Morgan fingerprint density at radius 3 is 2.30 bits per heavy atom. The van der Waals surface area contributed by atoms with Crippen LogP contribution in [0.25, 0.3) is 32.9 Å². The zero-order valence-electron chi connectivity index (χ0n) is 23.2. The number of hydrogen-bond donors (Lipinski definition) is 0. The van der Waals surface area contributed by atoms with Crippen LogP contribution in [-0.4, -0.2) is 76.9 Å². The minimum absolute atomic E-state index is 0.0584. The van der Waals surface area contributed by atoms with Crippen molar-refractivity contribution in [2.24, 2.45) is 0 Å². The second kappa shape index (κ2) is 10.5. The normalized spacial score (nSPS) is 14.1. The number of rotatable bonds is 4. The van der Waals surface area contributed by atoms with E-state index in [2.05, 4.69) is 19.9 Å². The first-order valence-electron chi connectivity index (χ1n) is 12.8. The van der Waals surface area contributed by atoms with Crippen molar-refractivity contribution in [1.29, 1.82) is 0 Å². The standard InChI is InChI=1S/C28H30ClFN6O4/c1-15-7-8-16-18(26(39-6)34-13-31-16)17(15)19-21(29)24(38-5)20-23(22(19)30)32-14-33-25(20)35-9-11-36(12-10-35)27(37)40-28(2,3)4/h7-8,13-14H,9-12H2,1-6H3. The summed E-state index contributed by atoms with van der Waals surface area (Å²) in [6.45, 7) is 9.06. The van der Waals surface area contributed by atoms with Crippen LogP contribution in [0.4, 0.5) is 15.0 Å². The van der Waals surface area contributed by atoms with Crippen molar-refractivity contribution in [2.75, 3.05) is 45.3 Å². The summed E-state index contributed by atoms with van der Waals surface area (Å²) in [4.78, 5) is 33.5. The molecule has 12 heteroatoms. The van der Waals surface area contributed by atoms with Crippen molar-refractivity contribution in [3.63, 3.8) is 0 Å². The molecule has 5 rings (SSSR count). The lowest BCUT2D eigenvalue weighted by Gasteiger charge is -2.36. The van der Waals surface area contributed by atoms with Gasteiger partial charge in [0, 0.05) is 37.3 Å². The first-order chi connectivity index (χ1) is 19.1. The Morgan fingerprint density at radius 1 is 0.950 bits per heavy atom. The van der Waals surface area contributed by atoms with E-state index in [1.807, 2.05) is 44.7 Å². The number of aromatic nitrogens is 4. The number of benzene rings is 2. The summed E-state index contributed by atoms with van der Waals surface area (Å²) in [5.74, 6) is 0.377. The number of anilines is 1. The van der Waals surface area contributed by atoms with Crippen LogP contribution in [0.15, 0.2) is 24.8 Å². The maximum Gasteiger partial charge on any atom is 0.410 e. The van der Waals surface area contributed by atoms with E-state index in [-0.39, 0.29) is 27.9 Å². The minimum Gasteiger partial charge on any atom is -0.494 e. The summed E-state index contributed by atoms with van der Waals surface area (Å²) in [7, 11) is 2.97. The van der Waals surface area contributed by atoms with E-state index in [1.54, 1.807) is 4.90 Å². The zero-order valence-corrected chi connectivity index (χ0v) is 24.0. The van der Waals surface area contributed by atoms with Crippen LogP contribution in [0.1, 0.15) is 26.3 Å². The number of ether oxygens (including phenoxy) is 3. The molecule has 10 nitrogen and oxygen atoms in total. The second-order valence-corrected chi connectivity index (χ2v) is 10.8. The summed E-state index contributed by atoms with van der Waals surface area (Å²) in [5, 5.41) is 0.945. The molecule has 0 aliphatic carbocycles. The van der Waals surface area contributed by atoms with Crippen LogP contribution in [0.3, 0.4) is 0 Å². The Hall–Kier alpha value is -3.99. The highest BCUT2D eigenvalue weighted by molar-refractivity contribution is 6.37. The highest BCUT2D eigenvalue weighted by atomic mass is 35.5. The Morgan fingerprint density at radius 2 is 1.65 bits per heavy atom. The Kier molecular flexibility index (Phi) is 7.26. The van der Waals surface area contributed by atoms with Crippen LogP contribution in [-0.2, 0) is 4.74 Å². The van der Waals surface area contributed by atoms with E-state index < -0.39 is 11.4 Å². The van der Waals surface area contributed by atoms with Gasteiger partial charge in [0.05, 0.1) is 35.5 Å². The maximum absolute atomic E-state index is 16.5. The topological polar surface area (TPSA) is 103 Å². The SMILES string of the molecule is COc1ncnc2ccc(C)c(-c3c(Cl)c(OC)c4c(N5CCN(C(=O)OC(C)(C)C)CC5)ncnc4c3F)c12. The molecule has 1 saturated heterocycles. The Bertz CT molecular complexity index is 1620. The molecule has 40 heavy (non-hydrogen) atoms. The van der Waals surface area contributed by atoms with Gasteiger partial charge in [-0.05, 0) is 39.3 Å². The van der Waals surface area contributed by atoms with E-state index in [0.29, 0.717) is 59.7 Å². The predicted molar refractivity (Wildman–Crippen MR) is 151 cm³/mol. The van der Waals surface area contributed by atoms with Crippen LogP contribution < -0.4 is 14.4 Å². The van der Waals surface area contributed by atoms with E-state index >= 15 is 4.39 Å². The fourth-order valence-corrected chi connectivity index (χ4v) is 5.32. The number of carbonyl (C=O) groups excluding carboxylic acids is 1. The van der Waals surface area contributed by atoms with E-state index in [9.17, 15) is 4.79 Å². The number of amides is 1. The number of methoxy groups -OCH3 is 2. The number of hydrogen-bond acceptors (Lipinski definition) is 9. The molecule has 2 aromatic heterocycles. The molecule has 1 fully saturated rings. The maximum atomic E-state index is 16.5. The van der Waals surface area contributed by atoms with Crippen LogP contribution >= 0.6 is 11.6 Å². The van der Waals surface area contributed by atoms with Gasteiger partial charge in [-0.2, -0.15) is 0 Å². The summed E-state index contributed by atoms with van der Waals surface area (Å²) >= 11 is 6.94. The highest BCUT2D eigenvalue weighted by Gasteiger charge is 2.31. The third-order valence-corrected chi connectivity index (χ3v) is 7.12. The predicted octanol–water partition coefficient (Wildman–Crippen LogP) is 5.42. The van der Waals surface area contributed by atoms with Crippen molar-refractivity contribution in [3.8, 4) is 22.8 Å². The third-order valence-electron chi connectivity index (χ3n) is 6.76. The first-order valence-corrected chi connectivity index (χ1v) is 13.1. The number of halogens is 2. The summed E-state index contributed by atoms with van der Waals surface area (Å²) in [5.41, 5.74) is 1.40. The van der Waals surface area contributed by atoms with Crippen molar-refractivity contribution in [2.45, 2.75) is 33.3 Å². The van der Waals surface area contributed by atoms with Gasteiger partial charge in [0.15, 0.2) is 11.6 Å². The number of carbonyl (C=O) groups is 1. The Labute approximate surface area is 236 Å². The molecular weight excluding hydrogens is 539 g/mol. The zero-order chi connectivity index (χ0) is 28.8. The van der Waals surface area contributed by atoms with Gasteiger partial charge in [-0.3, -0.25) is 0 Å². The number of nitrogens with zero attached hydrogens (tertiary/aromatic N) is 6. The summed E-state index contributed by atoms with van der Waals surface area (Å²) in [6, 6.07) is 3.66. The molecule has 0 saturated carbocycles. The molecule has 0 unspecified atom stereocenters. The lowest BCUT2D eigenvalue weighted by Crippen LogP contribution is -2.50. The monoisotopic (exact) mass is 568 g/mol. The van der Waals surface area contributed by atoms with Gasteiger partial charge in [0.1, 0.15) is 29.6 Å². The van der Waals surface area contributed by atoms with Crippen molar-refractivity contribution in [1.82, 2.24) is 24.8 Å². The molecule has 3 heterocycles. The molecule has 0 N–H and O–H groups in total. The van der Waals surface area contributed by atoms with Gasteiger partial charge < -0.3 is 24.0 Å². The molecule has 1 aliphatic heterocycles. The average Bonchev–Trinajstić information content (AvgIpc) is 2.93. The molecule has 0 spiro atoms. The van der Waals surface area contributed by atoms with Crippen LogP contribution in [0.5, 0.6) is 11.6 Å². The molecule has 1 aliphatic rings. The van der Waals surface area contributed by atoms with Gasteiger partial charge in [0.2, 0.25) is 5.88 Å². The van der Waals surface area contributed by atoms with Crippen molar-refractivity contribution >= 4 is 45.3 Å². The highest BCUT2D eigenvalue weighted by Crippen LogP contribution is 2.48. The molecule has 1 amide bonds. The lowest BCUT2D eigenvalue weighted by atomic mass is 9.94. The quantitative estimate of drug-likeness (QED) is 0.319. The van der Waals surface area contributed by atoms with Crippen LogP contribution in [0, 0.1) is 12.7 Å². The number of fused-ring (bicyclic) bond motifs is 2. The van der Waals surface area contributed by atoms with Gasteiger partial charge in [0.25, 0.3) is 0 Å². The van der Waals surface area contributed by atoms with Crippen molar-refractivity contribution in [3.05, 3.63) is 41.2 Å². The van der Waals surface area contributed by atoms with Crippen molar-refractivity contribution < 1.29 is 23.4 Å². The number of aryl methyl sites for hydroxylation is 1. The van der Waals surface area contributed by atoms with Gasteiger partial charge >= 0.3 is 6.09 Å². The molecular formula is C28H30ClFN6O4. The van der Waals surface area contributed by atoms with E-state index in [1.165, 1.54) is 26.9 Å². The van der Waals surface area contributed by atoms with E-state index in [4.69, 9.17) is 25.8 Å². The molecule has 0 bridgehead atoms. The molecule has 210 valence electrons. The van der Waals surface area contributed by atoms with Crippen LogP contribution in [0.2, 0.25) is 5.02 Å². The number of piperazine rings is 1. The summed E-state index contributed by atoms with van der Waals surface area (Å²) in [6.07, 6.45) is 2.33. The first kappa shape index (κ1) is 27.6. The molecule has 0 radical (unpaired) electrons. The smallest absolute Gasteiger partial charge is 0.410 e. The third kappa shape index (κ3) is 4.78. The Balaban J connectivity index is 1.63. The second-order valence-electron chi connectivity index (χ2n) is 10.4. The van der Waals surface area contributed by atoms with E-state index in [0.717, 1.165) is 5.56 Å². The lowest BCUT2D eigenvalue weighted by molar-refractivity contribution is 0.0240. The molecule has 0 atom stereocenters. The molecule has 4 aromatic rings. The fourth-order valence-electron chi connectivity index (χ4n) is 4.97. The van der Waals surface area contributed by atoms with Gasteiger partial charge in [-0.1, -0.05) is 17.7 Å². The van der Waals surface area contributed by atoms with Gasteiger partial charge in [-0.25, -0.2) is 29.1 Å². The minimum atomic E-state index is -0.627. The largest absolute Gasteiger partial charge is 0.494 e. The fraction of sp³-hybridized carbons (Fsp3) is 0.393. The average molecular weight is 569 g/mol. The van der Waals surface area contributed by atoms with Gasteiger partial charge in [-0.15, -0.1) is 0 Å².